The molecule has 3 heterocycles. The number of aromatic hydroxyl groups is 1. The number of rotatable bonds is 6. The summed E-state index contributed by atoms with van der Waals surface area (Å²) in [5.41, 5.74) is -0.0597. The van der Waals surface area contributed by atoms with Gasteiger partial charge in [-0.3, -0.25) is 14.6 Å². The minimum Gasteiger partial charge on any atom is -0.493 e. The molecular formula is C21H14ClN7O6. The molecule has 13 nitrogen and oxygen atoms in total. The number of Topliss-reactive ketones (excluding diaryl/α,β-unsaturated/α-hetero) is 2. The van der Waals surface area contributed by atoms with E-state index in [0.29, 0.717) is 10.7 Å². The number of benzene rings is 1. The summed E-state index contributed by atoms with van der Waals surface area (Å²) in [4.78, 5) is 61.6. The normalized spacial score (nSPS) is 13.8. The van der Waals surface area contributed by atoms with Gasteiger partial charge in [0.2, 0.25) is 5.88 Å². The summed E-state index contributed by atoms with van der Waals surface area (Å²) in [5.74, 6) is -6.69. The van der Waals surface area contributed by atoms with Gasteiger partial charge in [-0.1, -0.05) is 11.6 Å². The number of aliphatic imine (C=N–C) groups is 1. The summed E-state index contributed by atoms with van der Waals surface area (Å²) < 4.78 is 5.31. The van der Waals surface area contributed by atoms with E-state index in [9.17, 15) is 24.3 Å². The van der Waals surface area contributed by atoms with Crippen LogP contribution in [0.4, 0.5) is 16.4 Å². The molecule has 1 atom stereocenters. The fraction of sp³-hybridized carbons (Fsp3) is 0.0952. The number of fused-ring (bicyclic) bond motifs is 1. The van der Waals surface area contributed by atoms with Crippen molar-refractivity contribution in [2.24, 2.45) is 15.2 Å². The third-order valence-corrected chi connectivity index (χ3v) is 4.99. The second-order valence-electron chi connectivity index (χ2n) is 6.89. The Kier molecular flexibility index (Phi) is 6.42. The lowest BCUT2D eigenvalue weighted by molar-refractivity contribution is -0.151. The lowest BCUT2D eigenvalue weighted by Crippen LogP contribution is -2.30. The monoisotopic (exact) mass is 495 g/mol. The number of hydrogen-bond acceptors (Lipinski definition) is 9. The summed E-state index contributed by atoms with van der Waals surface area (Å²) in [6.45, 7) is 0. The van der Waals surface area contributed by atoms with Crippen molar-refractivity contribution in [1.82, 2.24) is 14.5 Å². The molecule has 2 N–H and O–H groups in total. The standard InChI is InChI=1S/C21H14ClN7O6/c1-35-18(33)16(31)13(15(30)10-6-8-23-9-7-10)14-17(32)29-19(25-14)27-28-20(29)26-21(34)24-12-4-2-11(22)3-5-12/h2-9,13,32H,1H3,(H,24,34)/b26-20+. The van der Waals surface area contributed by atoms with Gasteiger partial charge in [0.1, 0.15) is 11.6 Å². The number of carbonyl (C=O) groups excluding carboxylic acids is 4. The maximum atomic E-state index is 13.1. The lowest BCUT2D eigenvalue weighted by atomic mass is 9.91. The number of anilines is 1. The number of esters is 1. The summed E-state index contributed by atoms with van der Waals surface area (Å²) in [6, 6.07) is 8.00. The smallest absolute Gasteiger partial charge is 0.375 e. The number of imidazole rings is 1. The van der Waals surface area contributed by atoms with E-state index in [2.05, 4.69) is 35.2 Å². The summed E-state index contributed by atoms with van der Waals surface area (Å²) in [7, 11) is 0.972. The van der Waals surface area contributed by atoms with E-state index < -0.39 is 41.1 Å². The average molecular weight is 496 g/mol. The van der Waals surface area contributed by atoms with Crippen LogP contribution in [0.25, 0.3) is 0 Å². The van der Waals surface area contributed by atoms with Crippen molar-refractivity contribution in [3.05, 3.63) is 65.1 Å². The van der Waals surface area contributed by atoms with Gasteiger partial charge < -0.3 is 15.2 Å². The highest BCUT2D eigenvalue weighted by Crippen LogP contribution is 2.36. The van der Waals surface area contributed by atoms with Gasteiger partial charge in [0.25, 0.3) is 17.7 Å². The Labute approximate surface area is 201 Å². The van der Waals surface area contributed by atoms with Gasteiger partial charge >= 0.3 is 12.0 Å². The highest BCUT2D eigenvalue weighted by molar-refractivity contribution is 6.41. The maximum absolute atomic E-state index is 13.1. The zero-order valence-electron chi connectivity index (χ0n) is 17.7. The molecule has 0 aliphatic carbocycles. The number of ether oxygens (including phenoxy) is 1. The Hall–Kier alpha value is -4.78. The molecule has 176 valence electrons. The summed E-state index contributed by atoms with van der Waals surface area (Å²) in [6.07, 6.45) is 2.64. The van der Waals surface area contributed by atoms with E-state index in [-0.39, 0.29) is 17.5 Å². The van der Waals surface area contributed by atoms with Crippen LogP contribution in [0.3, 0.4) is 0 Å². The molecule has 0 fully saturated rings. The van der Waals surface area contributed by atoms with Crippen molar-refractivity contribution in [3.63, 3.8) is 0 Å². The Morgan fingerprint density at radius 2 is 1.77 bits per heavy atom. The molecule has 0 bridgehead atoms. The topological polar surface area (TPSA) is 178 Å². The molecule has 35 heavy (non-hydrogen) atoms. The molecule has 1 aliphatic heterocycles. The Morgan fingerprint density at radius 1 is 1.09 bits per heavy atom. The molecule has 0 spiro atoms. The first-order valence-corrected chi connectivity index (χ1v) is 10.1. The van der Waals surface area contributed by atoms with E-state index in [1.54, 1.807) is 24.3 Å². The van der Waals surface area contributed by atoms with Gasteiger partial charge in [-0.25, -0.2) is 19.1 Å². The van der Waals surface area contributed by atoms with Gasteiger partial charge in [0, 0.05) is 28.7 Å². The van der Waals surface area contributed by atoms with E-state index in [1.165, 1.54) is 24.5 Å². The highest BCUT2D eigenvalue weighted by atomic mass is 35.5. The van der Waals surface area contributed by atoms with Crippen LogP contribution in [0.15, 0.2) is 64.0 Å². The number of azo groups is 1. The first-order chi connectivity index (χ1) is 16.8. The second kappa shape index (κ2) is 9.61. The molecule has 2 aromatic heterocycles. The van der Waals surface area contributed by atoms with Gasteiger partial charge in [-0.15, -0.1) is 10.2 Å². The second-order valence-corrected chi connectivity index (χ2v) is 7.33. The quantitative estimate of drug-likeness (QED) is 0.227. The van der Waals surface area contributed by atoms with Gasteiger partial charge in [0.15, 0.2) is 5.78 Å². The van der Waals surface area contributed by atoms with E-state index in [1.807, 2.05) is 0 Å². The first kappa shape index (κ1) is 23.4. The molecule has 4 rings (SSSR count). The van der Waals surface area contributed by atoms with Crippen LogP contribution in [0, 0.1) is 0 Å². The SMILES string of the molecule is COC(=O)C(=O)C(C(=O)c1ccncc1)c1nc2n(c1O)/C(=N/C(=O)Nc1ccc(Cl)cc1)N=N2. The van der Waals surface area contributed by atoms with E-state index in [0.717, 1.165) is 11.7 Å². The molecule has 0 saturated carbocycles. The van der Waals surface area contributed by atoms with Crippen LogP contribution in [0.2, 0.25) is 5.02 Å². The number of aromatic nitrogens is 3. The summed E-state index contributed by atoms with van der Waals surface area (Å²) >= 11 is 5.81. The molecule has 0 saturated heterocycles. The third-order valence-electron chi connectivity index (χ3n) is 4.74. The predicted molar refractivity (Wildman–Crippen MR) is 120 cm³/mol. The number of nitrogens with one attached hydrogen (secondary N) is 1. The zero-order valence-corrected chi connectivity index (χ0v) is 18.5. The third kappa shape index (κ3) is 4.65. The van der Waals surface area contributed by atoms with Crippen LogP contribution < -0.4 is 5.32 Å². The van der Waals surface area contributed by atoms with Gasteiger partial charge in [-0.05, 0) is 36.4 Å². The Bertz CT molecular complexity index is 1400. The predicted octanol–water partition coefficient (Wildman–Crippen LogP) is 2.88. The molecule has 1 aliphatic rings. The number of nitrogens with zero attached hydrogens (tertiary/aromatic N) is 6. The summed E-state index contributed by atoms with van der Waals surface area (Å²) in [5, 5.41) is 21.2. The van der Waals surface area contributed by atoms with Crippen LogP contribution in [0.1, 0.15) is 22.0 Å². The zero-order chi connectivity index (χ0) is 25.1. The first-order valence-electron chi connectivity index (χ1n) is 9.75. The molecule has 0 radical (unpaired) electrons. The van der Waals surface area contributed by atoms with Gasteiger partial charge in [-0.2, -0.15) is 4.99 Å². The minimum atomic E-state index is -1.86. The van der Waals surface area contributed by atoms with Crippen molar-refractivity contribution >= 4 is 52.8 Å². The number of halogens is 1. The highest BCUT2D eigenvalue weighted by Gasteiger charge is 2.41. The molecule has 1 unspecified atom stereocenters. The van der Waals surface area contributed by atoms with Crippen LogP contribution >= 0.6 is 11.6 Å². The number of methoxy groups -OCH3 is 1. The van der Waals surface area contributed by atoms with E-state index >= 15 is 0 Å². The van der Waals surface area contributed by atoms with Crippen molar-refractivity contribution in [2.45, 2.75) is 5.92 Å². The Balaban J connectivity index is 1.69. The molecular weight excluding hydrogens is 482 g/mol. The molecule has 1 aromatic carbocycles. The average Bonchev–Trinajstić information content (AvgIpc) is 3.40. The van der Waals surface area contributed by atoms with Crippen molar-refractivity contribution in [3.8, 4) is 5.88 Å². The molecule has 3 aromatic rings. The van der Waals surface area contributed by atoms with Crippen LogP contribution in [0.5, 0.6) is 5.88 Å². The Morgan fingerprint density at radius 3 is 2.43 bits per heavy atom. The fourth-order valence-electron chi connectivity index (χ4n) is 3.11. The lowest BCUT2D eigenvalue weighted by Gasteiger charge is -2.12. The molecule has 14 heteroatoms. The van der Waals surface area contributed by atoms with Crippen LogP contribution in [-0.4, -0.2) is 56.3 Å². The van der Waals surface area contributed by atoms with Crippen molar-refractivity contribution in [1.29, 1.82) is 0 Å². The number of hydrogen-bond donors (Lipinski definition) is 2. The van der Waals surface area contributed by atoms with Crippen molar-refractivity contribution < 1.29 is 29.0 Å². The number of pyridine rings is 1. The number of carbonyl (C=O) groups is 4. The van der Waals surface area contributed by atoms with E-state index in [4.69, 9.17) is 11.6 Å². The maximum Gasteiger partial charge on any atom is 0.375 e. The molecule has 2 amide bonds. The largest absolute Gasteiger partial charge is 0.493 e. The van der Waals surface area contributed by atoms with Gasteiger partial charge in [0.05, 0.1) is 7.11 Å². The fourth-order valence-corrected chi connectivity index (χ4v) is 3.24. The number of amides is 2. The number of ketones is 2. The van der Waals surface area contributed by atoms with Crippen molar-refractivity contribution in [2.75, 3.05) is 12.4 Å². The van der Waals surface area contributed by atoms with Crippen LogP contribution in [-0.2, 0) is 14.3 Å². The number of urea groups is 1. The minimum absolute atomic E-state index is 0.0349.